The zero-order valence-corrected chi connectivity index (χ0v) is 7.13. The molecule has 1 saturated heterocycles. The van der Waals surface area contributed by atoms with Crippen molar-refractivity contribution in [2.45, 2.75) is 30.6 Å². The maximum absolute atomic E-state index is 9.37. The van der Waals surface area contributed by atoms with E-state index < -0.39 is 37.3 Å². The maximum atomic E-state index is 9.37. The van der Waals surface area contributed by atoms with E-state index in [0.29, 0.717) is 0 Å². The molecule has 0 bridgehead atoms. The third kappa shape index (κ3) is 1.95. The molecule has 1 rings (SSSR count). The van der Waals surface area contributed by atoms with E-state index in [1.54, 1.807) is 0 Å². The van der Waals surface area contributed by atoms with Crippen molar-refractivity contribution in [3.8, 4) is 0 Å². The van der Waals surface area contributed by atoms with E-state index in [0.717, 1.165) is 0 Å². The molecule has 1 aliphatic heterocycles. The second-order valence-electron chi connectivity index (χ2n) is 2.92. The van der Waals surface area contributed by atoms with E-state index in [4.69, 9.17) is 15.4 Å². The van der Waals surface area contributed by atoms with Crippen LogP contribution < -0.4 is 0 Å². The molecule has 5 atom stereocenters. The van der Waals surface area contributed by atoms with Crippen molar-refractivity contribution in [2.24, 2.45) is 5.11 Å². The average molecular weight is 205 g/mol. The van der Waals surface area contributed by atoms with Crippen LogP contribution in [0.15, 0.2) is 5.11 Å². The Balaban J connectivity index is 2.78. The Kier molecular flexibility index (Phi) is 3.64. The summed E-state index contributed by atoms with van der Waals surface area (Å²) in [7, 11) is 0. The molecule has 0 radical (unpaired) electrons. The van der Waals surface area contributed by atoms with Gasteiger partial charge in [-0.1, -0.05) is 5.11 Å². The first-order valence-corrected chi connectivity index (χ1v) is 3.96. The summed E-state index contributed by atoms with van der Waals surface area (Å²) in [5.74, 6) is 0. The third-order valence-corrected chi connectivity index (χ3v) is 2.05. The second-order valence-corrected chi connectivity index (χ2v) is 2.92. The Morgan fingerprint density at radius 3 is 2.43 bits per heavy atom. The van der Waals surface area contributed by atoms with Crippen molar-refractivity contribution in [1.29, 1.82) is 0 Å². The normalized spacial score (nSPS) is 43.0. The molecule has 4 N–H and O–H groups in total. The summed E-state index contributed by atoms with van der Waals surface area (Å²) in [5, 5.41) is 39.7. The van der Waals surface area contributed by atoms with Crippen molar-refractivity contribution < 1.29 is 25.2 Å². The van der Waals surface area contributed by atoms with Gasteiger partial charge < -0.3 is 25.2 Å². The van der Waals surface area contributed by atoms with Crippen LogP contribution in [0.5, 0.6) is 0 Å². The molecule has 8 heteroatoms. The highest BCUT2D eigenvalue weighted by Gasteiger charge is 2.43. The SMILES string of the molecule is [N-]=[N+]=N[C@@H]1C(O)OC(CO)[C@@H](O)C1O. The molecule has 0 saturated carbocycles. The lowest BCUT2D eigenvalue weighted by atomic mass is 9.98. The second kappa shape index (κ2) is 4.56. The molecule has 0 aliphatic carbocycles. The lowest BCUT2D eigenvalue weighted by Gasteiger charge is -2.37. The topological polar surface area (TPSA) is 139 Å². The molecule has 1 aliphatic rings. The van der Waals surface area contributed by atoms with Crippen LogP contribution >= 0.6 is 0 Å². The molecule has 0 aromatic rings. The molecular formula is C6H11N3O5. The number of aliphatic hydroxyl groups is 4. The van der Waals surface area contributed by atoms with Gasteiger partial charge in [-0.3, -0.25) is 0 Å². The first kappa shape index (κ1) is 11.2. The Labute approximate surface area is 79.0 Å². The highest BCUT2D eigenvalue weighted by molar-refractivity contribution is 4.92. The fraction of sp³-hybridized carbons (Fsp3) is 1.00. The summed E-state index contributed by atoms with van der Waals surface area (Å²) >= 11 is 0. The molecule has 0 spiro atoms. The van der Waals surface area contributed by atoms with Gasteiger partial charge in [0.1, 0.15) is 18.2 Å². The molecule has 0 aromatic heterocycles. The van der Waals surface area contributed by atoms with Gasteiger partial charge in [0.15, 0.2) is 6.29 Å². The molecule has 8 nitrogen and oxygen atoms in total. The summed E-state index contributed by atoms with van der Waals surface area (Å²) in [4.78, 5) is 2.40. The number of ether oxygens (including phenoxy) is 1. The number of rotatable bonds is 2. The lowest BCUT2D eigenvalue weighted by Crippen LogP contribution is -2.57. The van der Waals surface area contributed by atoms with Crippen molar-refractivity contribution in [2.75, 3.05) is 6.61 Å². The molecule has 0 aromatic carbocycles. The monoisotopic (exact) mass is 205 g/mol. The van der Waals surface area contributed by atoms with Crippen LogP contribution in [-0.2, 0) is 4.74 Å². The number of azide groups is 1. The Morgan fingerprint density at radius 2 is 1.93 bits per heavy atom. The minimum Gasteiger partial charge on any atom is -0.394 e. The molecule has 1 fully saturated rings. The lowest BCUT2D eigenvalue weighted by molar-refractivity contribution is -0.248. The number of hydrogen-bond donors (Lipinski definition) is 4. The minimum atomic E-state index is -1.53. The summed E-state index contributed by atoms with van der Waals surface area (Å²) in [6.45, 7) is -0.543. The largest absolute Gasteiger partial charge is 0.394 e. The molecule has 3 unspecified atom stereocenters. The molecule has 0 amide bonds. The molecular weight excluding hydrogens is 194 g/mol. The predicted molar refractivity (Wildman–Crippen MR) is 42.9 cm³/mol. The first-order chi connectivity index (χ1) is 6.61. The van der Waals surface area contributed by atoms with Gasteiger partial charge in [-0.25, -0.2) is 0 Å². The summed E-state index contributed by atoms with van der Waals surface area (Å²) < 4.78 is 4.71. The van der Waals surface area contributed by atoms with E-state index in [2.05, 4.69) is 10.0 Å². The molecule has 80 valence electrons. The predicted octanol–water partition coefficient (Wildman–Crippen LogP) is -1.90. The Bertz CT molecular complexity index is 244. The van der Waals surface area contributed by atoms with Crippen molar-refractivity contribution in [3.63, 3.8) is 0 Å². The van der Waals surface area contributed by atoms with Gasteiger partial charge in [0.2, 0.25) is 0 Å². The van der Waals surface area contributed by atoms with Crippen LogP contribution in [0.25, 0.3) is 10.4 Å². The van der Waals surface area contributed by atoms with Gasteiger partial charge in [-0.15, -0.1) is 0 Å². The van der Waals surface area contributed by atoms with Gasteiger partial charge in [0.25, 0.3) is 0 Å². The number of nitrogens with zero attached hydrogens (tertiary/aromatic N) is 3. The van der Waals surface area contributed by atoms with E-state index in [1.807, 2.05) is 0 Å². The van der Waals surface area contributed by atoms with Crippen molar-refractivity contribution in [1.82, 2.24) is 0 Å². The smallest absolute Gasteiger partial charge is 0.166 e. The quantitative estimate of drug-likeness (QED) is 0.237. The van der Waals surface area contributed by atoms with Gasteiger partial charge in [0.05, 0.1) is 12.7 Å². The zero-order valence-electron chi connectivity index (χ0n) is 7.13. The highest BCUT2D eigenvalue weighted by atomic mass is 16.6. The van der Waals surface area contributed by atoms with Crippen LogP contribution in [0.4, 0.5) is 0 Å². The number of hydrogen-bond acceptors (Lipinski definition) is 6. The Hall–Kier alpha value is -0.890. The van der Waals surface area contributed by atoms with Crippen LogP contribution in [0, 0.1) is 0 Å². The van der Waals surface area contributed by atoms with Crippen LogP contribution in [-0.4, -0.2) is 57.7 Å². The van der Waals surface area contributed by atoms with Gasteiger partial charge in [-0.2, -0.15) is 0 Å². The van der Waals surface area contributed by atoms with Crippen LogP contribution in [0.3, 0.4) is 0 Å². The van der Waals surface area contributed by atoms with Crippen LogP contribution in [0.1, 0.15) is 0 Å². The average Bonchev–Trinajstić information content (AvgIpc) is 2.18. The Morgan fingerprint density at radius 1 is 1.29 bits per heavy atom. The van der Waals surface area contributed by atoms with E-state index in [9.17, 15) is 15.3 Å². The van der Waals surface area contributed by atoms with E-state index >= 15 is 0 Å². The molecule has 14 heavy (non-hydrogen) atoms. The van der Waals surface area contributed by atoms with E-state index in [1.165, 1.54) is 0 Å². The number of aliphatic hydroxyl groups excluding tert-OH is 4. The van der Waals surface area contributed by atoms with Crippen LogP contribution in [0.2, 0.25) is 0 Å². The molecule has 1 heterocycles. The van der Waals surface area contributed by atoms with Crippen molar-refractivity contribution in [3.05, 3.63) is 10.4 Å². The maximum Gasteiger partial charge on any atom is 0.166 e. The van der Waals surface area contributed by atoms with Crippen molar-refractivity contribution >= 4 is 0 Å². The highest BCUT2D eigenvalue weighted by Crippen LogP contribution is 2.21. The summed E-state index contributed by atoms with van der Waals surface area (Å²) in [6.07, 6.45) is -5.45. The zero-order chi connectivity index (χ0) is 10.7. The van der Waals surface area contributed by atoms with Gasteiger partial charge in [0, 0.05) is 4.91 Å². The fourth-order valence-electron chi connectivity index (χ4n) is 1.27. The summed E-state index contributed by atoms with van der Waals surface area (Å²) in [5.41, 5.74) is 8.11. The summed E-state index contributed by atoms with van der Waals surface area (Å²) in [6, 6.07) is -1.27. The minimum absolute atomic E-state index is 0.543. The van der Waals surface area contributed by atoms with Gasteiger partial charge >= 0.3 is 0 Å². The fourth-order valence-corrected chi connectivity index (χ4v) is 1.27. The van der Waals surface area contributed by atoms with Gasteiger partial charge in [-0.05, 0) is 5.53 Å². The first-order valence-electron chi connectivity index (χ1n) is 3.96. The van der Waals surface area contributed by atoms with E-state index in [-0.39, 0.29) is 0 Å². The standard InChI is InChI=1S/C6H11N3O5/c7-9-8-3-5(12)4(11)2(1-10)14-6(3)13/h2-6,10-13H,1H2/t2?,3-,4+,5?,6?/m0/s1. The third-order valence-electron chi connectivity index (χ3n) is 2.05.